The second kappa shape index (κ2) is 14.1. The van der Waals surface area contributed by atoms with Gasteiger partial charge in [0.05, 0.1) is 0 Å². The van der Waals surface area contributed by atoms with E-state index >= 15 is 0 Å². The van der Waals surface area contributed by atoms with Crippen LogP contribution in [-0.2, 0) is 4.79 Å². The monoisotopic (exact) mass is 369 g/mol. The maximum atomic E-state index is 11.0. The van der Waals surface area contributed by atoms with Gasteiger partial charge in [0.2, 0.25) is 0 Å². The zero-order valence-electron chi connectivity index (χ0n) is 10.2. The summed E-state index contributed by atoms with van der Waals surface area (Å²) in [5.74, 6) is 3.08. The van der Waals surface area contributed by atoms with Crippen LogP contribution in [0.15, 0.2) is 0 Å². The Kier molecular flexibility index (Phi) is 14.2. The lowest BCUT2D eigenvalue weighted by atomic mass is 10.1. The molecule has 0 atom stereocenters. The summed E-state index contributed by atoms with van der Waals surface area (Å²) < 4.78 is 2.55. The van der Waals surface area contributed by atoms with E-state index in [9.17, 15) is 4.79 Å². The standard InChI is InChI=1S/C13H21ClINO/c14-10-7-5-3-1-2-4-6-8-12-16-13(17)9-11-15/h1-8,10,12H2,(H,16,17). The van der Waals surface area contributed by atoms with Crippen LogP contribution in [0.2, 0.25) is 0 Å². The quantitative estimate of drug-likeness (QED) is 0.269. The summed E-state index contributed by atoms with van der Waals surface area (Å²) in [5, 5.41) is 2.77. The smallest absolute Gasteiger partial charge is 0.296 e. The molecule has 0 aromatic carbocycles. The van der Waals surface area contributed by atoms with E-state index in [-0.39, 0.29) is 5.91 Å². The third kappa shape index (κ3) is 14.0. The maximum Gasteiger partial charge on any atom is 0.296 e. The van der Waals surface area contributed by atoms with Crippen LogP contribution in [0.5, 0.6) is 0 Å². The topological polar surface area (TPSA) is 29.1 Å². The van der Waals surface area contributed by atoms with Crippen molar-refractivity contribution in [3.63, 3.8) is 0 Å². The van der Waals surface area contributed by atoms with Gasteiger partial charge in [-0.05, 0) is 16.8 Å². The summed E-state index contributed by atoms with van der Waals surface area (Å²) in [6.07, 6.45) is 9.81. The largest absolute Gasteiger partial charge is 0.345 e. The Morgan fingerprint density at radius 3 is 2.06 bits per heavy atom. The summed E-state index contributed by atoms with van der Waals surface area (Å²) in [7, 11) is 0. The SMILES string of the molecule is O=C(C#CI)NCCCCCCCCCCCl. The van der Waals surface area contributed by atoms with Crippen molar-refractivity contribution in [1.82, 2.24) is 5.32 Å². The van der Waals surface area contributed by atoms with Gasteiger partial charge < -0.3 is 5.32 Å². The highest BCUT2D eigenvalue weighted by molar-refractivity contribution is 14.1. The van der Waals surface area contributed by atoms with Crippen LogP contribution in [-0.4, -0.2) is 18.3 Å². The molecule has 4 heteroatoms. The fourth-order valence-corrected chi connectivity index (χ4v) is 2.00. The summed E-state index contributed by atoms with van der Waals surface area (Å²) in [6.45, 7) is 0.746. The zero-order valence-corrected chi connectivity index (χ0v) is 13.1. The van der Waals surface area contributed by atoms with Crippen LogP contribution in [0, 0.1) is 9.85 Å². The van der Waals surface area contributed by atoms with Crippen LogP contribution >= 0.6 is 34.2 Å². The molecule has 0 heterocycles. The highest BCUT2D eigenvalue weighted by Gasteiger charge is 1.95. The lowest BCUT2D eigenvalue weighted by Crippen LogP contribution is -2.22. The first kappa shape index (κ1) is 17.1. The third-order valence-corrected chi connectivity index (χ3v) is 3.04. The fourth-order valence-electron chi connectivity index (χ4n) is 1.57. The van der Waals surface area contributed by atoms with Crippen molar-refractivity contribution < 1.29 is 4.79 Å². The highest BCUT2D eigenvalue weighted by Crippen LogP contribution is 2.08. The van der Waals surface area contributed by atoms with E-state index in [1.165, 1.54) is 38.5 Å². The minimum absolute atomic E-state index is 0.166. The first-order valence-corrected chi connectivity index (χ1v) is 7.88. The summed E-state index contributed by atoms with van der Waals surface area (Å²) >= 11 is 7.47. The molecular weight excluding hydrogens is 349 g/mol. The molecule has 1 amide bonds. The second-order valence-electron chi connectivity index (χ2n) is 3.99. The van der Waals surface area contributed by atoms with Crippen molar-refractivity contribution in [2.24, 2.45) is 0 Å². The van der Waals surface area contributed by atoms with Gasteiger partial charge in [0.15, 0.2) is 0 Å². The molecule has 0 rings (SSSR count). The van der Waals surface area contributed by atoms with Crippen LogP contribution in [0.3, 0.4) is 0 Å². The number of carbonyl (C=O) groups excluding carboxylic acids is 1. The van der Waals surface area contributed by atoms with Gasteiger partial charge in [-0.25, -0.2) is 0 Å². The Balaban J connectivity index is 3.07. The molecular formula is C13H21ClINO. The Bertz CT molecular complexity index is 248. The van der Waals surface area contributed by atoms with Crippen LogP contribution in [0.4, 0.5) is 0 Å². The van der Waals surface area contributed by atoms with E-state index in [4.69, 9.17) is 11.6 Å². The van der Waals surface area contributed by atoms with Crippen LogP contribution in [0.1, 0.15) is 51.4 Å². The minimum Gasteiger partial charge on any atom is -0.345 e. The Labute approximate surface area is 123 Å². The third-order valence-electron chi connectivity index (χ3n) is 2.51. The Morgan fingerprint density at radius 2 is 1.53 bits per heavy atom. The number of hydrogen-bond donors (Lipinski definition) is 1. The van der Waals surface area contributed by atoms with Crippen molar-refractivity contribution in [1.29, 1.82) is 0 Å². The molecule has 0 unspecified atom stereocenters. The minimum atomic E-state index is -0.166. The molecule has 0 spiro atoms. The summed E-state index contributed by atoms with van der Waals surface area (Å²) in [4.78, 5) is 11.0. The molecule has 0 bridgehead atoms. The molecule has 0 fully saturated rings. The number of amides is 1. The normalized spacial score (nSPS) is 9.53. The number of hydrogen-bond acceptors (Lipinski definition) is 1. The van der Waals surface area contributed by atoms with E-state index < -0.39 is 0 Å². The van der Waals surface area contributed by atoms with Gasteiger partial charge in [0.25, 0.3) is 5.91 Å². The van der Waals surface area contributed by atoms with Crippen LogP contribution in [0.25, 0.3) is 0 Å². The zero-order chi connectivity index (χ0) is 12.8. The number of halogens is 2. The number of nitrogens with one attached hydrogen (secondary N) is 1. The molecule has 0 aromatic rings. The summed E-state index contributed by atoms with van der Waals surface area (Å²) in [5.41, 5.74) is 0. The molecule has 17 heavy (non-hydrogen) atoms. The van der Waals surface area contributed by atoms with Crippen LogP contribution < -0.4 is 5.32 Å². The van der Waals surface area contributed by atoms with Gasteiger partial charge in [-0.15, -0.1) is 11.6 Å². The van der Waals surface area contributed by atoms with Gasteiger partial charge >= 0.3 is 0 Å². The lowest BCUT2D eigenvalue weighted by molar-refractivity contribution is -0.115. The molecule has 0 aromatic heterocycles. The number of rotatable bonds is 10. The van der Waals surface area contributed by atoms with Gasteiger partial charge in [-0.1, -0.05) is 38.5 Å². The van der Waals surface area contributed by atoms with Gasteiger partial charge in [0, 0.05) is 40.9 Å². The predicted molar refractivity (Wildman–Crippen MR) is 82.5 cm³/mol. The van der Waals surface area contributed by atoms with Gasteiger partial charge in [-0.3, -0.25) is 4.79 Å². The van der Waals surface area contributed by atoms with Crippen molar-refractivity contribution in [2.45, 2.75) is 51.4 Å². The van der Waals surface area contributed by atoms with E-state index in [2.05, 4.69) is 15.2 Å². The van der Waals surface area contributed by atoms with Crippen molar-refractivity contribution in [3.8, 4) is 9.85 Å². The van der Waals surface area contributed by atoms with E-state index in [1.807, 2.05) is 22.6 Å². The number of unbranched alkanes of at least 4 members (excludes halogenated alkanes) is 7. The average molecular weight is 370 g/mol. The maximum absolute atomic E-state index is 11.0. The molecule has 0 saturated carbocycles. The van der Waals surface area contributed by atoms with Crippen molar-refractivity contribution >= 4 is 40.1 Å². The predicted octanol–water partition coefficient (Wildman–Crippen LogP) is 3.86. The van der Waals surface area contributed by atoms with E-state index in [1.54, 1.807) is 0 Å². The first-order valence-electron chi connectivity index (χ1n) is 6.26. The van der Waals surface area contributed by atoms with Crippen molar-refractivity contribution in [3.05, 3.63) is 0 Å². The lowest BCUT2D eigenvalue weighted by Gasteiger charge is -2.02. The molecule has 0 aliphatic rings. The van der Waals surface area contributed by atoms with Gasteiger partial charge in [0.1, 0.15) is 0 Å². The Hall–Kier alpha value is 0.0500. The second-order valence-corrected chi connectivity index (χ2v) is 4.91. The van der Waals surface area contributed by atoms with Gasteiger partial charge in [-0.2, -0.15) is 0 Å². The molecule has 0 aliphatic carbocycles. The molecule has 0 aliphatic heterocycles. The molecule has 1 N–H and O–H groups in total. The number of alkyl halides is 1. The summed E-state index contributed by atoms with van der Waals surface area (Å²) in [6, 6.07) is 0. The van der Waals surface area contributed by atoms with E-state index in [0.717, 1.165) is 25.3 Å². The van der Waals surface area contributed by atoms with Crippen molar-refractivity contribution in [2.75, 3.05) is 12.4 Å². The Morgan fingerprint density at radius 1 is 1.00 bits per heavy atom. The molecule has 2 nitrogen and oxygen atoms in total. The number of carbonyl (C=O) groups is 1. The highest BCUT2D eigenvalue weighted by atomic mass is 127. The molecule has 0 radical (unpaired) electrons. The first-order chi connectivity index (χ1) is 8.31. The molecule has 98 valence electrons. The average Bonchev–Trinajstić information content (AvgIpc) is 2.32. The fraction of sp³-hybridized carbons (Fsp3) is 0.769. The molecule has 0 saturated heterocycles. The van der Waals surface area contributed by atoms with E-state index in [0.29, 0.717) is 0 Å².